The third-order valence-corrected chi connectivity index (χ3v) is 4.87. The normalized spacial score (nSPS) is 11.1. The van der Waals surface area contributed by atoms with Gasteiger partial charge >= 0.3 is 0 Å². The summed E-state index contributed by atoms with van der Waals surface area (Å²) >= 11 is 0. The molecule has 0 aliphatic rings. The minimum atomic E-state index is -0.588. The molecule has 0 unspecified atom stereocenters. The molecule has 2 rings (SSSR count). The Labute approximate surface area is 161 Å². The molecule has 0 bridgehead atoms. The zero-order chi connectivity index (χ0) is 19.6. The van der Waals surface area contributed by atoms with Crippen LogP contribution in [0, 0.1) is 0 Å². The second-order valence-corrected chi connectivity index (χ2v) is 7.22. The second kappa shape index (κ2) is 10.8. The van der Waals surface area contributed by atoms with Crippen LogP contribution < -0.4 is 0 Å². The Kier molecular flexibility index (Phi) is 8.37. The van der Waals surface area contributed by atoms with E-state index in [0.717, 1.165) is 19.3 Å². The van der Waals surface area contributed by atoms with Crippen LogP contribution in [-0.4, -0.2) is 20.4 Å². The van der Waals surface area contributed by atoms with Crippen molar-refractivity contribution in [1.29, 1.82) is 0 Å². The molecule has 0 radical (unpaired) electrons. The molecule has 0 saturated heterocycles. The molecule has 5 heteroatoms. The Morgan fingerprint density at radius 1 is 0.667 bits per heavy atom. The number of rotatable bonds is 12. The number of hydrogen-bond acceptors (Lipinski definition) is 5. The SMILES string of the molecule is CCCCCCCCCCCCc1cc(O)c(-c2cc(O)c(O)c(O)c2)o1. The summed E-state index contributed by atoms with van der Waals surface area (Å²) in [6, 6.07) is 4.07. The topological polar surface area (TPSA) is 94.1 Å². The van der Waals surface area contributed by atoms with Crippen LogP contribution >= 0.6 is 0 Å². The maximum Gasteiger partial charge on any atom is 0.200 e. The van der Waals surface area contributed by atoms with E-state index in [-0.39, 0.29) is 11.5 Å². The van der Waals surface area contributed by atoms with E-state index in [1.807, 2.05) is 0 Å². The lowest BCUT2D eigenvalue weighted by Gasteiger charge is -2.04. The number of furan rings is 1. The molecule has 0 atom stereocenters. The highest BCUT2D eigenvalue weighted by Gasteiger charge is 2.16. The molecular weight excluding hydrogens is 344 g/mol. The lowest BCUT2D eigenvalue weighted by atomic mass is 10.1. The quantitative estimate of drug-likeness (QED) is 0.260. The molecular formula is C22H32O5. The highest BCUT2D eigenvalue weighted by Crippen LogP contribution is 2.42. The van der Waals surface area contributed by atoms with Gasteiger partial charge in [-0.15, -0.1) is 0 Å². The molecule has 0 amide bonds. The number of phenolic OH excluding ortho intramolecular Hbond substituents is 3. The fourth-order valence-corrected chi connectivity index (χ4v) is 3.28. The molecule has 0 spiro atoms. The third kappa shape index (κ3) is 6.42. The van der Waals surface area contributed by atoms with Gasteiger partial charge in [-0.05, 0) is 18.6 Å². The first kappa shape index (κ1) is 21.0. The first-order valence-electron chi connectivity index (χ1n) is 10.1. The van der Waals surface area contributed by atoms with E-state index in [4.69, 9.17) is 4.42 Å². The minimum absolute atomic E-state index is 0.0402. The largest absolute Gasteiger partial charge is 0.504 e. The average molecular weight is 376 g/mol. The van der Waals surface area contributed by atoms with Crippen molar-refractivity contribution in [3.63, 3.8) is 0 Å². The Morgan fingerprint density at radius 2 is 1.19 bits per heavy atom. The lowest BCUT2D eigenvalue weighted by molar-refractivity contribution is 0.368. The van der Waals surface area contributed by atoms with Crippen LogP contribution in [0.1, 0.15) is 76.9 Å². The maximum absolute atomic E-state index is 10.1. The van der Waals surface area contributed by atoms with Crippen molar-refractivity contribution in [2.45, 2.75) is 77.6 Å². The third-order valence-electron chi connectivity index (χ3n) is 4.87. The van der Waals surface area contributed by atoms with E-state index in [0.29, 0.717) is 11.3 Å². The number of unbranched alkanes of at least 4 members (excludes halogenated alkanes) is 9. The maximum atomic E-state index is 10.1. The highest BCUT2D eigenvalue weighted by molar-refractivity contribution is 5.70. The Hall–Kier alpha value is -2.30. The fourth-order valence-electron chi connectivity index (χ4n) is 3.28. The van der Waals surface area contributed by atoms with Crippen molar-refractivity contribution < 1.29 is 24.8 Å². The fraction of sp³-hybridized carbons (Fsp3) is 0.545. The van der Waals surface area contributed by atoms with Crippen LogP contribution in [0.4, 0.5) is 0 Å². The average Bonchev–Trinajstić information content (AvgIpc) is 3.01. The van der Waals surface area contributed by atoms with Gasteiger partial charge in [0.05, 0.1) is 0 Å². The van der Waals surface area contributed by atoms with E-state index in [9.17, 15) is 20.4 Å². The standard InChI is InChI=1S/C22H32O5/c1-2-3-4-5-6-7-8-9-10-11-12-17-15-20(25)22(27-17)16-13-18(23)21(26)19(24)14-16/h13-15,23-26H,2-12H2,1H3. The van der Waals surface area contributed by atoms with Gasteiger partial charge in [-0.25, -0.2) is 0 Å². The van der Waals surface area contributed by atoms with Gasteiger partial charge in [-0.2, -0.15) is 0 Å². The molecule has 1 aromatic heterocycles. The summed E-state index contributed by atoms with van der Waals surface area (Å²) in [5, 5.41) is 38.7. The summed E-state index contributed by atoms with van der Waals surface area (Å²) in [6.07, 6.45) is 13.3. The van der Waals surface area contributed by atoms with E-state index in [1.54, 1.807) is 6.07 Å². The Bertz CT molecular complexity index is 682. The number of aryl methyl sites for hydroxylation is 1. The van der Waals surface area contributed by atoms with Crippen LogP contribution in [0.5, 0.6) is 23.0 Å². The molecule has 2 aromatic rings. The number of benzene rings is 1. The molecule has 4 N–H and O–H groups in total. The molecule has 150 valence electrons. The van der Waals surface area contributed by atoms with Gasteiger partial charge in [0.15, 0.2) is 28.8 Å². The van der Waals surface area contributed by atoms with E-state index in [2.05, 4.69) is 6.92 Å². The summed E-state index contributed by atoms with van der Waals surface area (Å²) in [5.74, 6) is -0.692. The van der Waals surface area contributed by atoms with E-state index >= 15 is 0 Å². The van der Waals surface area contributed by atoms with Gasteiger partial charge in [0.25, 0.3) is 0 Å². The van der Waals surface area contributed by atoms with Crippen molar-refractivity contribution in [2.24, 2.45) is 0 Å². The Balaban J connectivity index is 1.74. The van der Waals surface area contributed by atoms with Gasteiger partial charge < -0.3 is 24.8 Å². The van der Waals surface area contributed by atoms with Crippen molar-refractivity contribution in [1.82, 2.24) is 0 Å². The zero-order valence-corrected chi connectivity index (χ0v) is 16.2. The van der Waals surface area contributed by atoms with Gasteiger partial charge in [-0.3, -0.25) is 0 Å². The second-order valence-electron chi connectivity index (χ2n) is 7.22. The van der Waals surface area contributed by atoms with Gasteiger partial charge in [0.2, 0.25) is 0 Å². The van der Waals surface area contributed by atoms with Crippen molar-refractivity contribution in [3.8, 4) is 34.3 Å². The molecule has 0 aliphatic carbocycles. The summed E-state index contributed by atoms with van der Waals surface area (Å²) < 4.78 is 5.68. The number of aromatic hydroxyl groups is 4. The van der Waals surface area contributed by atoms with Gasteiger partial charge in [0, 0.05) is 18.1 Å². The van der Waals surface area contributed by atoms with Crippen molar-refractivity contribution >= 4 is 0 Å². The summed E-state index contributed by atoms with van der Waals surface area (Å²) in [4.78, 5) is 0. The monoisotopic (exact) mass is 376 g/mol. The van der Waals surface area contributed by atoms with Gasteiger partial charge in [-0.1, -0.05) is 64.7 Å². The van der Waals surface area contributed by atoms with Gasteiger partial charge in [0.1, 0.15) is 5.76 Å². The molecule has 0 aliphatic heterocycles. The number of phenols is 3. The van der Waals surface area contributed by atoms with Crippen LogP contribution in [0.25, 0.3) is 11.3 Å². The van der Waals surface area contributed by atoms with Crippen LogP contribution in [0.2, 0.25) is 0 Å². The predicted molar refractivity (Wildman–Crippen MR) is 106 cm³/mol. The molecule has 1 aromatic carbocycles. The minimum Gasteiger partial charge on any atom is -0.504 e. The first-order valence-corrected chi connectivity index (χ1v) is 10.1. The Morgan fingerprint density at radius 3 is 1.74 bits per heavy atom. The van der Waals surface area contributed by atoms with E-state index < -0.39 is 17.2 Å². The molecule has 0 saturated carbocycles. The summed E-state index contributed by atoms with van der Waals surface area (Å²) in [5.41, 5.74) is 0.314. The van der Waals surface area contributed by atoms with Crippen molar-refractivity contribution in [2.75, 3.05) is 0 Å². The predicted octanol–water partition coefficient (Wildman–Crippen LogP) is 6.23. The van der Waals surface area contributed by atoms with Crippen LogP contribution in [0.3, 0.4) is 0 Å². The summed E-state index contributed by atoms with van der Waals surface area (Å²) in [6.45, 7) is 2.24. The zero-order valence-electron chi connectivity index (χ0n) is 16.2. The highest BCUT2D eigenvalue weighted by atomic mass is 16.4. The van der Waals surface area contributed by atoms with Crippen LogP contribution in [0.15, 0.2) is 22.6 Å². The van der Waals surface area contributed by atoms with Crippen molar-refractivity contribution in [3.05, 3.63) is 24.0 Å². The molecule has 1 heterocycles. The molecule has 0 fully saturated rings. The smallest absolute Gasteiger partial charge is 0.200 e. The summed E-state index contributed by atoms with van der Waals surface area (Å²) in [7, 11) is 0. The lowest BCUT2D eigenvalue weighted by Crippen LogP contribution is -1.85. The first-order chi connectivity index (χ1) is 13.0. The number of hydrogen-bond donors (Lipinski definition) is 4. The van der Waals surface area contributed by atoms with E-state index in [1.165, 1.54) is 63.5 Å². The molecule has 5 nitrogen and oxygen atoms in total. The molecule has 27 heavy (non-hydrogen) atoms. The van der Waals surface area contributed by atoms with Crippen LogP contribution in [-0.2, 0) is 6.42 Å².